The molecule has 104 valence electrons. The summed E-state index contributed by atoms with van der Waals surface area (Å²) in [4.78, 5) is 17.2. The Hall–Kier alpha value is -0.610. The van der Waals surface area contributed by atoms with Gasteiger partial charge in [0, 0.05) is 6.42 Å². The van der Waals surface area contributed by atoms with Crippen molar-refractivity contribution in [3.05, 3.63) is 0 Å². The van der Waals surface area contributed by atoms with Gasteiger partial charge in [0.2, 0.25) is 5.91 Å². The van der Waals surface area contributed by atoms with E-state index < -0.39 is 0 Å². The Morgan fingerprint density at radius 2 is 2.11 bits per heavy atom. The minimum absolute atomic E-state index is 0.0416. The van der Waals surface area contributed by atoms with E-state index in [9.17, 15) is 4.79 Å². The molecule has 2 N–H and O–H groups in total. The van der Waals surface area contributed by atoms with Crippen LogP contribution in [0.25, 0.3) is 0 Å². The SMILES string of the molecule is CC(CC(=O)NOC1CCCC1)C1CCCNC1. The number of hydroxylamine groups is 1. The zero-order chi connectivity index (χ0) is 12.8. The molecular formula is C14H26N2O2. The highest BCUT2D eigenvalue weighted by Gasteiger charge is 2.23. The molecule has 1 heterocycles. The number of amides is 1. The maximum absolute atomic E-state index is 11.8. The second kappa shape index (κ2) is 7.10. The Kier molecular flexibility index (Phi) is 5.45. The number of hydrogen-bond acceptors (Lipinski definition) is 3. The van der Waals surface area contributed by atoms with Gasteiger partial charge in [0.25, 0.3) is 0 Å². The van der Waals surface area contributed by atoms with Crippen molar-refractivity contribution >= 4 is 5.91 Å². The third-order valence-electron chi connectivity index (χ3n) is 4.29. The highest BCUT2D eigenvalue weighted by molar-refractivity contribution is 5.75. The average Bonchev–Trinajstić information content (AvgIpc) is 2.90. The molecule has 2 unspecified atom stereocenters. The van der Waals surface area contributed by atoms with Crippen molar-refractivity contribution < 1.29 is 9.63 Å². The van der Waals surface area contributed by atoms with E-state index in [1.165, 1.54) is 25.7 Å². The summed E-state index contributed by atoms with van der Waals surface area (Å²) >= 11 is 0. The fourth-order valence-corrected chi connectivity index (χ4v) is 3.02. The predicted octanol–water partition coefficient (Wildman–Crippen LogP) is 2.00. The zero-order valence-corrected chi connectivity index (χ0v) is 11.4. The van der Waals surface area contributed by atoms with Crippen LogP contribution in [0, 0.1) is 11.8 Å². The van der Waals surface area contributed by atoms with Gasteiger partial charge in [0.1, 0.15) is 0 Å². The molecule has 0 aromatic heterocycles. The first-order chi connectivity index (χ1) is 8.75. The van der Waals surface area contributed by atoms with Crippen LogP contribution in [0.1, 0.15) is 51.9 Å². The molecule has 4 heteroatoms. The van der Waals surface area contributed by atoms with E-state index in [2.05, 4.69) is 17.7 Å². The van der Waals surface area contributed by atoms with Gasteiger partial charge in [-0.15, -0.1) is 0 Å². The van der Waals surface area contributed by atoms with Crippen molar-refractivity contribution in [1.29, 1.82) is 0 Å². The molecule has 2 rings (SSSR count). The summed E-state index contributed by atoms with van der Waals surface area (Å²) < 4.78 is 0. The molecule has 1 aliphatic carbocycles. The minimum atomic E-state index is 0.0416. The fourth-order valence-electron chi connectivity index (χ4n) is 3.02. The van der Waals surface area contributed by atoms with Crippen molar-refractivity contribution in [2.45, 2.75) is 58.0 Å². The van der Waals surface area contributed by atoms with E-state index in [1.54, 1.807) is 0 Å². The topological polar surface area (TPSA) is 50.4 Å². The molecule has 0 spiro atoms. The monoisotopic (exact) mass is 254 g/mol. The number of nitrogens with one attached hydrogen (secondary N) is 2. The Bertz CT molecular complexity index is 259. The summed E-state index contributed by atoms with van der Waals surface area (Å²) in [6.45, 7) is 4.35. The van der Waals surface area contributed by atoms with Crippen LogP contribution >= 0.6 is 0 Å². The number of carbonyl (C=O) groups excluding carboxylic acids is 1. The molecule has 1 saturated heterocycles. The first kappa shape index (κ1) is 13.8. The standard InChI is InChI=1S/C14H26N2O2/c1-11(12-5-4-8-15-10-12)9-14(17)16-18-13-6-2-3-7-13/h11-13,15H,2-10H2,1H3,(H,16,17). The molecular weight excluding hydrogens is 228 g/mol. The predicted molar refractivity (Wildman–Crippen MR) is 70.9 cm³/mol. The van der Waals surface area contributed by atoms with Gasteiger partial charge in [-0.25, -0.2) is 5.48 Å². The molecule has 2 aliphatic rings. The molecule has 0 bridgehead atoms. The number of hydrogen-bond donors (Lipinski definition) is 2. The van der Waals surface area contributed by atoms with Crippen molar-refractivity contribution in [3.8, 4) is 0 Å². The highest BCUT2D eigenvalue weighted by atomic mass is 16.7. The van der Waals surface area contributed by atoms with Crippen LogP contribution < -0.4 is 10.8 Å². The Balaban J connectivity index is 1.62. The number of rotatable bonds is 5. The Morgan fingerprint density at radius 1 is 1.33 bits per heavy atom. The average molecular weight is 254 g/mol. The summed E-state index contributed by atoms with van der Waals surface area (Å²) in [5, 5.41) is 3.40. The Labute approximate surface area is 110 Å². The van der Waals surface area contributed by atoms with Gasteiger partial charge in [-0.05, 0) is 50.6 Å². The summed E-state index contributed by atoms with van der Waals surface area (Å²) in [6.07, 6.45) is 7.93. The van der Waals surface area contributed by atoms with Gasteiger partial charge in [0.15, 0.2) is 0 Å². The second-order valence-electron chi connectivity index (χ2n) is 5.84. The molecule has 18 heavy (non-hydrogen) atoms. The molecule has 0 aromatic rings. The lowest BCUT2D eigenvalue weighted by Gasteiger charge is -2.28. The molecule has 2 atom stereocenters. The van der Waals surface area contributed by atoms with E-state index in [0.29, 0.717) is 18.3 Å². The highest BCUT2D eigenvalue weighted by Crippen LogP contribution is 2.23. The van der Waals surface area contributed by atoms with E-state index in [-0.39, 0.29) is 12.0 Å². The second-order valence-corrected chi connectivity index (χ2v) is 5.84. The zero-order valence-electron chi connectivity index (χ0n) is 11.4. The first-order valence-corrected chi connectivity index (χ1v) is 7.41. The van der Waals surface area contributed by atoms with Crippen LogP contribution in [0.15, 0.2) is 0 Å². The van der Waals surface area contributed by atoms with Gasteiger partial charge in [-0.2, -0.15) is 0 Å². The van der Waals surface area contributed by atoms with Crippen LogP contribution in [0.5, 0.6) is 0 Å². The minimum Gasteiger partial charge on any atom is -0.316 e. The van der Waals surface area contributed by atoms with Gasteiger partial charge in [0.05, 0.1) is 6.10 Å². The van der Waals surface area contributed by atoms with E-state index >= 15 is 0 Å². The molecule has 2 fully saturated rings. The van der Waals surface area contributed by atoms with Crippen LogP contribution in [0.3, 0.4) is 0 Å². The van der Waals surface area contributed by atoms with E-state index in [0.717, 1.165) is 25.9 Å². The van der Waals surface area contributed by atoms with Gasteiger partial charge < -0.3 is 5.32 Å². The first-order valence-electron chi connectivity index (χ1n) is 7.41. The Morgan fingerprint density at radius 3 is 2.78 bits per heavy atom. The van der Waals surface area contributed by atoms with Crippen LogP contribution in [-0.2, 0) is 9.63 Å². The maximum atomic E-state index is 11.8. The van der Waals surface area contributed by atoms with Crippen molar-refractivity contribution in [1.82, 2.24) is 10.8 Å². The summed E-state index contributed by atoms with van der Waals surface area (Å²) in [5.74, 6) is 1.11. The summed E-state index contributed by atoms with van der Waals surface area (Å²) in [7, 11) is 0. The summed E-state index contributed by atoms with van der Waals surface area (Å²) in [5.41, 5.74) is 2.64. The smallest absolute Gasteiger partial charge is 0.243 e. The van der Waals surface area contributed by atoms with Gasteiger partial charge >= 0.3 is 0 Å². The molecule has 1 aliphatic heterocycles. The fraction of sp³-hybridized carbons (Fsp3) is 0.929. The lowest BCUT2D eigenvalue weighted by atomic mass is 9.85. The van der Waals surface area contributed by atoms with Crippen LogP contribution in [0.4, 0.5) is 0 Å². The van der Waals surface area contributed by atoms with Gasteiger partial charge in [-0.3, -0.25) is 9.63 Å². The van der Waals surface area contributed by atoms with E-state index in [4.69, 9.17) is 4.84 Å². The maximum Gasteiger partial charge on any atom is 0.243 e. The van der Waals surface area contributed by atoms with Crippen molar-refractivity contribution in [3.63, 3.8) is 0 Å². The largest absolute Gasteiger partial charge is 0.316 e. The molecule has 1 amide bonds. The van der Waals surface area contributed by atoms with E-state index in [1.807, 2.05) is 0 Å². The number of piperidine rings is 1. The van der Waals surface area contributed by atoms with Crippen LogP contribution in [0.2, 0.25) is 0 Å². The number of carbonyl (C=O) groups is 1. The lowest BCUT2D eigenvalue weighted by Crippen LogP contribution is -2.36. The quantitative estimate of drug-likeness (QED) is 0.738. The van der Waals surface area contributed by atoms with Gasteiger partial charge in [-0.1, -0.05) is 19.8 Å². The van der Waals surface area contributed by atoms with Crippen molar-refractivity contribution in [2.24, 2.45) is 11.8 Å². The molecule has 4 nitrogen and oxygen atoms in total. The molecule has 1 saturated carbocycles. The van der Waals surface area contributed by atoms with Crippen molar-refractivity contribution in [2.75, 3.05) is 13.1 Å². The normalized spacial score (nSPS) is 27.1. The third kappa shape index (κ3) is 4.25. The molecule has 0 radical (unpaired) electrons. The summed E-state index contributed by atoms with van der Waals surface area (Å²) in [6, 6.07) is 0. The lowest BCUT2D eigenvalue weighted by molar-refractivity contribution is -0.139. The third-order valence-corrected chi connectivity index (χ3v) is 4.29. The van der Waals surface area contributed by atoms with Crippen LogP contribution in [-0.4, -0.2) is 25.1 Å². The molecule has 0 aromatic carbocycles.